The SMILES string of the molecule is COc1ccc(S(=O)(=O)N(CC(=O)N(Cc2cccc(Br)c2)[C@@H](C)C(=O)NC2CCCCC2)c2ccc(Cl)cc2)cc1OC. The van der Waals surface area contributed by atoms with Gasteiger partial charge in [0.05, 0.1) is 24.8 Å². The molecule has 1 fully saturated rings. The van der Waals surface area contributed by atoms with E-state index < -0.39 is 28.5 Å². The second-order valence-corrected chi connectivity index (χ2v) is 13.9. The lowest BCUT2D eigenvalue weighted by atomic mass is 9.95. The standard InChI is InChI=1S/C32H37BrClN3O6S/c1-22(32(39)35-26-10-5-4-6-11-26)36(20-23-8-7-9-24(33)18-23)31(38)21-37(27-14-12-25(34)13-15-27)44(40,41)28-16-17-29(42-2)30(19-28)43-3/h7-9,12-19,22,26H,4-6,10-11,20-21H2,1-3H3,(H,35,39)/t22-/m0/s1. The summed E-state index contributed by atoms with van der Waals surface area (Å²) < 4.78 is 40.8. The Morgan fingerprint density at radius 3 is 2.30 bits per heavy atom. The summed E-state index contributed by atoms with van der Waals surface area (Å²) in [6, 6.07) is 17.0. The molecule has 9 nitrogen and oxygen atoms in total. The third-order valence-electron chi connectivity index (χ3n) is 7.70. The summed E-state index contributed by atoms with van der Waals surface area (Å²) in [5.41, 5.74) is 1.02. The Labute approximate surface area is 272 Å². The van der Waals surface area contributed by atoms with Crippen molar-refractivity contribution in [2.75, 3.05) is 25.1 Å². The molecule has 0 unspecified atom stereocenters. The normalized spacial score (nSPS) is 14.4. The highest BCUT2D eigenvalue weighted by Gasteiger charge is 2.33. The molecule has 0 bridgehead atoms. The fraction of sp³-hybridized carbons (Fsp3) is 0.375. The van der Waals surface area contributed by atoms with Gasteiger partial charge in [-0.05, 0) is 73.9 Å². The van der Waals surface area contributed by atoms with Gasteiger partial charge in [-0.3, -0.25) is 13.9 Å². The van der Waals surface area contributed by atoms with Gasteiger partial charge in [0.2, 0.25) is 11.8 Å². The van der Waals surface area contributed by atoms with Crippen molar-refractivity contribution in [2.24, 2.45) is 0 Å². The van der Waals surface area contributed by atoms with Gasteiger partial charge in [-0.25, -0.2) is 8.42 Å². The molecule has 12 heteroatoms. The lowest BCUT2D eigenvalue weighted by Gasteiger charge is -2.33. The Morgan fingerprint density at radius 1 is 0.977 bits per heavy atom. The topological polar surface area (TPSA) is 105 Å². The molecule has 0 spiro atoms. The molecule has 1 atom stereocenters. The average Bonchev–Trinajstić information content (AvgIpc) is 3.02. The van der Waals surface area contributed by atoms with Crippen molar-refractivity contribution in [2.45, 2.75) is 62.6 Å². The highest BCUT2D eigenvalue weighted by atomic mass is 79.9. The van der Waals surface area contributed by atoms with Gasteiger partial charge in [0.15, 0.2) is 11.5 Å². The van der Waals surface area contributed by atoms with Crippen molar-refractivity contribution in [1.29, 1.82) is 0 Å². The van der Waals surface area contributed by atoms with Crippen molar-refractivity contribution in [3.63, 3.8) is 0 Å². The van der Waals surface area contributed by atoms with E-state index in [1.807, 2.05) is 24.3 Å². The zero-order chi connectivity index (χ0) is 31.9. The first-order valence-electron chi connectivity index (χ1n) is 14.4. The number of sulfonamides is 1. The van der Waals surface area contributed by atoms with Crippen LogP contribution in [0.25, 0.3) is 0 Å². The molecule has 1 aliphatic rings. The monoisotopic (exact) mass is 705 g/mol. The molecule has 1 aliphatic carbocycles. The summed E-state index contributed by atoms with van der Waals surface area (Å²) in [5, 5.41) is 3.52. The molecule has 44 heavy (non-hydrogen) atoms. The van der Waals surface area contributed by atoms with E-state index in [2.05, 4.69) is 21.2 Å². The maximum atomic E-state index is 14.2. The highest BCUT2D eigenvalue weighted by Crippen LogP contribution is 2.33. The van der Waals surface area contributed by atoms with Crippen molar-refractivity contribution >= 4 is 55.1 Å². The maximum Gasteiger partial charge on any atom is 0.264 e. The molecule has 236 valence electrons. The Hall–Kier alpha value is -3.28. The average molecular weight is 707 g/mol. The summed E-state index contributed by atoms with van der Waals surface area (Å²) >= 11 is 9.59. The number of methoxy groups -OCH3 is 2. The van der Waals surface area contributed by atoms with E-state index in [1.165, 1.54) is 49.5 Å². The number of carbonyl (C=O) groups excluding carboxylic acids is 2. The molecule has 0 saturated heterocycles. The third kappa shape index (κ3) is 8.25. The number of carbonyl (C=O) groups is 2. The molecular formula is C32H37BrClN3O6S. The number of rotatable bonds is 12. The van der Waals surface area contributed by atoms with Gasteiger partial charge < -0.3 is 19.7 Å². The minimum atomic E-state index is -4.30. The van der Waals surface area contributed by atoms with Crippen LogP contribution >= 0.6 is 27.5 Å². The number of halogens is 2. The van der Waals surface area contributed by atoms with Gasteiger partial charge in [0.1, 0.15) is 12.6 Å². The van der Waals surface area contributed by atoms with E-state index in [-0.39, 0.29) is 34.8 Å². The zero-order valence-electron chi connectivity index (χ0n) is 25.0. The van der Waals surface area contributed by atoms with Crippen LogP contribution in [0.2, 0.25) is 5.02 Å². The predicted octanol–water partition coefficient (Wildman–Crippen LogP) is 6.18. The van der Waals surface area contributed by atoms with Crippen LogP contribution in [0.1, 0.15) is 44.6 Å². The van der Waals surface area contributed by atoms with E-state index in [0.717, 1.165) is 46.4 Å². The van der Waals surface area contributed by atoms with E-state index >= 15 is 0 Å². The summed E-state index contributed by atoms with van der Waals surface area (Å²) in [6.45, 7) is 1.21. The Balaban J connectivity index is 1.70. The lowest BCUT2D eigenvalue weighted by molar-refractivity contribution is -0.139. The summed E-state index contributed by atoms with van der Waals surface area (Å²) in [4.78, 5) is 29.0. The Morgan fingerprint density at radius 2 is 1.66 bits per heavy atom. The largest absolute Gasteiger partial charge is 0.493 e. The highest BCUT2D eigenvalue weighted by molar-refractivity contribution is 9.10. The van der Waals surface area contributed by atoms with E-state index in [1.54, 1.807) is 19.1 Å². The number of ether oxygens (including phenoxy) is 2. The first-order chi connectivity index (χ1) is 21.0. The van der Waals surface area contributed by atoms with Crippen LogP contribution in [0.5, 0.6) is 11.5 Å². The number of amides is 2. The van der Waals surface area contributed by atoms with E-state index in [4.69, 9.17) is 21.1 Å². The molecule has 0 aromatic heterocycles. The quantitative estimate of drug-likeness (QED) is 0.241. The summed E-state index contributed by atoms with van der Waals surface area (Å²) in [6.07, 6.45) is 5.02. The van der Waals surface area contributed by atoms with Crippen LogP contribution in [-0.2, 0) is 26.2 Å². The number of hydrogen-bond donors (Lipinski definition) is 1. The second kappa shape index (κ2) is 15.1. The van der Waals surface area contributed by atoms with Crippen molar-refractivity contribution in [3.8, 4) is 11.5 Å². The van der Waals surface area contributed by atoms with Gasteiger partial charge in [0, 0.05) is 28.1 Å². The molecule has 1 saturated carbocycles. The van der Waals surface area contributed by atoms with Crippen LogP contribution in [0.15, 0.2) is 76.1 Å². The zero-order valence-corrected chi connectivity index (χ0v) is 28.1. The first kappa shape index (κ1) is 33.6. The lowest BCUT2D eigenvalue weighted by Crippen LogP contribution is -2.53. The molecular weight excluding hydrogens is 670 g/mol. The molecule has 4 rings (SSSR count). The predicted molar refractivity (Wildman–Crippen MR) is 175 cm³/mol. The van der Waals surface area contributed by atoms with E-state index in [9.17, 15) is 18.0 Å². The van der Waals surface area contributed by atoms with Crippen LogP contribution in [0.3, 0.4) is 0 Å². The first-order valence-corrected chi connectivity index (χ1v) is 17.0. The molecule has 2 amide bonds. The van der Waals surface area contributed by atoms with Crippen LogP contribution in [-0.4, -0.2) is 58.0 Å². The Bertz CT molecular complexity index is 1560. The molecule has 0 heterocycles. The fourth-order valence-electron chi connectivity index (χ4n) is 5.22. The molecule has 1 N–H and O–H groups in total. The van der Waals surface area contributed by atoms with E-state index in [0.29, 0.717) is 10.8 Å². The van der Waals surface area contributed by atoms with Gasteiger partial charge >= 0.3 is 0 Å². The van der Waals surface area contributed by atoms with Crippen LogP contribution < -0.4 is 19.1 Å². The number of nitrogens with one attached hydrogen (secondary N) is 1. The molecule has 3 aromatic carbocycles. The maximum absolute atomic E-state index is 14.2. The van der Waals surface area contributed by atoms with Crippen molar-refractivity contribution in [1.82, 2.24) is 10.2 Å². The van der Waals surface area contributed by atoms with Crippen molar-refractivity contribution in [3.05, 3.63) is 81.8 Å². The molecule has 3 aromatic rings. The minimum Gasteiger partial charge on any atom is -0.493 e. The number of nitrogens with zero attached hydrogens (tertiary/aromatic N) is 2. The van der Waals surface area contributed by atoms with Gasteiger partial charge in [0.25, 0.3) is 10.0 Å². The van der Waals surface area contributed by atoms with Gasteiger partial charge in [-0.2, -0.15) is 0 Å². The summed E-state index contributed by atoms with van der Waals surface area (Å²) in [7, 11) is -1.44. The summed E-state index contributed by atoms with van der Waals surface area (Å²) in [5.74, 6) is -0.241. The second-order valence-electron chi connectivity index (χ2n) is 10.7. The third-order valence-corrected chi connectivity index (χ3v) is 10.2. The fourth-order valence-corrected chi connectivity index (χ4v) is 7.23. The number of benzene rings is 3. The van der Waals surface area contributed by atoms with Crippen LogP contribution in [0, 0.1) is 0 Å². The van der Waals surface area contributed by atoms with Gasteiger partial charge in [-0.15, -0.1) is 0 Å². The number of hydrogen-bond acceptors (Lipinski definition) is 6. The molecule has 0 radical (unpaired) electrons. The smallest absolute Gasteiger partial charge is 0.264 e. The minimum absolute atomic E-state index is 0.0533. The van der Waals surface area contributed by atoms with Crippen molar-refractivity contribution < 1.29 is 27.5 Å². The van der Waals surface area contributed by atoms with Gasteiger partial charge in [-0.1, -0.05) is 58.9 Å². The number of anilines is 1. The Kier molecular flexibility index (Phi) is 11.6. The van der Waals surface area contributed by atoms with Crippen LogP contribution in [0.4, 0.5) is 5.69 Å². The molecule has 0 aliphatic heterocycles.